The number of pyridine rings is 2. The molecule has 8 heteroatoms. The number of nitrogens with zero attached hydrogens (tertiary/aromatic N) is 3. The molecule has 0 saturated carbocycles. The molecule has 0 radical (unpaired) electrons. The Morgan fingerprint density at radius 2 is 1.87 bits per heavy atom. The number of nitrogens with one attached hydrogen (secondary N) is 1. The summed E-state index contributed by atoms with van der Waals surface area (Å²) in [6, 6.07) is 14.2. The SMILES string of the molecule is O=C(Nc1ncccc1OCc1ccncc1)c1cccc(OCc2cscn2)c1. The van der Waals surface area contributed by atoms with E-state index in [1.807, 2.05) is 17.5 Å². The molecular formula is C22H18N4O3S. The molecule has 3 aromatic heterocycles. The lowest BCUT2D eigenvalue weighted by molar-refractivity contribution is 0.102. The van der Waals surface area contributed by atoms with Gasteiger partial charge in [0.2, 0.25) is 0 Å². The molecule has 4 aromatic rings. The molecule has 1 amide bonds. The second-order valence-electron chi connectivity index (χ2n) is 6.24. The quantitative estimate of drug-likeness (QED) is 0.458. The molecule has 150 valence electrons. The highest BCUT2D eigenvalue weighted by Gasteiger charge is 2.12. The normalized spacial score (nSPS) is 10.4. The van der Waals surface area contributed by atoms with Gasteiger partial charge in [-0.05, 0) is 48.0 Å². The smallest absolute Gasteiger partial charge is 0.257 e. The molecule has 0 spiro atoms. The zero-order valence-corrected chi connectivity index (χ0v) is 16.7. The van der Waals surface area contributed by atoms with E-state index < -0.39 is 0 Å². The zero-order chi connectivity index (χ0) is 20.6. The van der Waals surface area contributed by atoms with E-state index in [0.717, 1.165) is 11.3 Å². The number of benzene rings is 1. The highest BCUT2D eigenvalue weighted by molar-refractivity contribution is 7.07. The lowest BCUT2D eigenvalue weighted by Crippen LogP contribution is -2.14. The highest BCUT2D eigenvalue weighted by atomic mass is 32.1. The maximum Gasteiger partial charge on any atom is 0.257 e. The Kier molecular flexibility index (Phi) is 6.26. The van der Waals surface area contributed by atoms with Gasteiger partial charge in [0.1, 0.15) is 19.0 Å². The van der Waals surface area contributed by atoms with Gasteiger partial charge in [-0.15, -0.1) is 11.3 Å². The van der Waals surface area contributed by atoms with Crippen LogP contribution in [0.1, 0.15) is 21.6 Å². The molecule has 0 atom stereocenters. The average molecular weight is 418 g/mol. The summed E-state index contributed by atoms with van der Waals surface area (Å²) in [4.78, 5) is 25.2. The molecule has 1 aromatic carbocycles. The van der Waals surface area contributed by atoms with E-state index >= 15 is 0 Å². The Morgan fingerprint density at radius 3 is 2.70 bits per heavy atom. The number of hydrogen-bond donors (Lipinski definition) is 1. The monoisotopic (exact) mass is 418 g/mol. The summed E-state index contributed by atoms with van der Waals surface area (Å²) in [7, 11) is 0. The van der Waals surface area contributed by atoms with Crippen LogP contribution in [0.25, 0.3) is 0 Å². The van der Waals surface area contributed by atoms with Gasteiger partial charge in [0.15, 0.2) is 11.6 Å². The third-order valence-electron chi connectivity index (χ3n) is 4.11. The van der Waals surface area contributed by atoms with Crippen molar-refractivity contribution < 1.29 is 14.3 Å². The number of rotatable bonds is 8. The van der Waals surface area contributed by atoms with Crippen LogP contribution in [0.15, 0.2) is 78.0 Å². The summed E-state index contributed by atoms with van der Waals surface area (Å²) in [5.74, 6) is 1.12. The van der Waals surface area contributed by atoms with Crippen LogP contribution in [0, 0.1) is 0 Å². The molecule has 0 unspecified atom stereocenters. The van der Waals surface area contributed by atoms with Crippen LogP contribution in [0.3, 0.4) is 0 Å². The molecule has 0 saturated heterocycles. The van der Waals surface area contributed by atoms with Crippen molar-refractivity contribution >= 4 is 23.1 Å². The number of aromatic nitrogens is 3. The van der Waals surface area contributed by atoms with Gasteiger partial charge in [0.05, 0.1) is 11.2 Å². The van der Waals surface area contributed by atoms with Crippen LogP contribution < -0.4 is 14.8 Å². The molecule has 3 heterocycles. The first-order chi connectivity index (χ1) is 14.8. The van der Waals surface area contributed by atoms with Gasteiger partial charge in [0, 0.05) is 29.5 Å². The number of carbonyl (C=O) groups excluding carboxylic acids is 1. The van der Waals surface area contributed by atoms with Gasteiger partial charge >= 0.3 is 0 Å². The first kappa shape index (κ1) is 19.5. The van der Waals surface area contributed by atoms with Gasteiger partial charge in [0.25, 0.3) is 5.91 Å². The summed E-state index contributed by atoms with van der Waals surface area (Å²) in [5, 5.41) is 4.73. The number of anilines is 1. The van der Waals surface area contributed by atoms with Gasteiger partial charge in [-0.3, -0.25) is 9.78 Å². The molecule has 0 fully saturated rings. The Hall–Kier alpha value is -3.78. The number of amides is 1. The number of thiazole rings is 1. The van der Waals surface area contributed by atoms with Crippen molar-refractivity contribution in [1.82, 2.24) is 15.0 Å². The Balaban J connectivity index is 1.42. The Morgan fingerprint density at radius 1 is 0.967 bits per heavy atom. The third kappa shape index (κ3) is 5.18. The van der Waals surface area contributed by atoms with E-state index in [0.29, 0.717) is 36.1 Å². The molecule has 0 aliphatic heterocycles. The van der Waals surface area contributed by atoms with Crippen LogP contribution in [0.2, 0.25) is 0 Å². The minimum atomic E-state index is -0.304. The molecule has 1 N–H and O–H groups in total. The van der Waals surface area contributed by atoms with Crippen molar-refractivity contribution in [2.24, 2.45) is 0 Å². The van der Waals surface area contributed by atoms with Gasteiger partial charge < -0.3 is 14.8 Å². The standard InChI is InChI=1S/C22H18N4O3S/c27-22(17-3-1-4-19(11-17)28-13-18-14-30-15-25-18)26-21-20(5-2-8-24-21)29-12-16-6-9-23-10-7-16/h1-11,14-15H,12-13H2,(H,24,26,27). The minimum Gasteiger partial charge on any atom is -0.487 e. The fraction of sp³-hybridized carbons (Fsp3) is 0.0909. The van der Waals surface area contributed by atoms with Gasteiger partial charge in [-0.1, -0.05) is 6.07 Å². The summed E-state index contributed by atoms with van der Waals surface area (Å²) in [6.07, 6.45) is 5.00. The van der Waals surface area contributed by atoms with Crippen molar-refractivity contribution in [3.8, 4) is 11.5 Å². The van der Waals surface area contributed by atoms with Crippen molar-refractivity contribution in [3.63, 3.8) is 0 Å². The van der Waals surface area contributed by atoms with E-state index in [4.69, 9.17) is 9.47 Å². The van der Waals surface area contributed by atoms with Crippen LogP contribution in [0.4, 0.5) is 5.82 Å². The van der Waals surface area contributed by atoms with Crippen molar-refractivity contribution in [2.45, 2.75) is 13.2 Å². The summed E-state index contributed by atoms with van der Waals surface area (Å²) >= 11 is 1.51. The van der Waals surface area contributed by atoms with Gasteiger partial charge in [-0.2, -0.15) is 0 Å². The Labute approximate surface area is 177 Å². The van der Waals surface area contributed by atoms with Crippen molar-refractivity contribution in [2.75, 3.05) is 5.32 Å². The molecule has 4 rings (SSSR count). The number of ether oxygens (including phenoxy) is 2. The van der Waals surface area contributed by atoms with Crippen LogP contribution in [-0.2, 0) is 13.2 Å². The second kappa shape index (κ2) is 9.62. The molecule has 30 heavy (non-hydrogen) atoms. The molecule has 7 nitrogen and oxygen atoms in total. The van der Waals surface area contributed by atoms with Crippen LogP contribution >= 0.6 is 11.3 Å². The lowest BCUT2D eigenvalue weighted by atomic mass is 10.2. The largest absolute Gasteiger partial charge is 0.487 e. The predicted octanol–water partition coefficient (Wildman–Crippen LogP) is 4.34. The Bertz CT molecular complexity index is 1100. The fourth-order valence-electron chi connectivity index (χ4n) is 2.61. The predicted molar refractivity (Wildman–Crippen MR) is 114 cm³/mol. The first-order valence-electron chi connectivity index (χ1n) is 9.16. The second-order valence-corrected chi connectivity index (χ2v) is 6.96. The topological polar surface area (TPSA) is 86.2 Å². The van der Waals surface area contributed by atoms with E-state index in [9.17, 15) is 4.79 Å². The van der Waals surface area contributed by atoms with Crippen molar-refractivity contribution in [3.05, 3.63) is 94.8 Å². The van der Waals surface area contributed by atoms with E-state index in [1.165, 1.54) is 11.3 Å². The van der Waals surface area contributed by atoms with E-state index in [-0.39, 0.29) is 5.91 Å². The zero-order valence-electron chi connectivity index (χ0n) is 15.9. The highest BCUT2D eigenvalue weighted by Crippen LogP contribution is 2.23. The first-order valence-corrected chi connectivity index (χ1v) is 10.1. The summed E-state index contributed by atoms with van der Waals surface area (Å²) in [6.45, 7) is 0.693. The fourth-order valence-corrected chi connectivity index (χ4v) is 3.16. The van der Waals surface area contributed by atoms with Crippen molar-refractivity contribution in [1.29, 1.82) is 0 Å². The summed E-state index contributed by atoms with van der Waals surface area (Å²) in [5.41, 5.74) is 4.02. The molecular weight excluding hydrogens is 400 g/mol. The lowest BCUT2D eigenvalue weighted by Gasteiger charge is -2.12. The number of hydrogen-bond acceptors (Lipinski definition) is 7. The van der Waals surface area contributed by atoms with E-state index in [2.05, 4.69) is 20.3 Å². The average Bonchev–Trinajstić information content (AvgIpc) is 3.32. The minimum absolute atomic E-state index is 0.304. The molecule has 0 aliphatic carbocycles. The molecule has 0 aliphatic rings. The maximum absolute atomic E-state index is 12.7. The van der Waals surface area contributed by atoms with Crippen LogP contribution in [-0.4, -0.2) is 20.9 Å². The van der Waals surface area contributed by atoms with Gasteiger partial charge in [-0.25, -0.2) is 9.97 Å². The third-order valence-corrected chi connectivity index (χ3v) is 4.75. The van der Waals surface area contributed by atoms with E-state index in [1.54, 1.807) is 60.5 Å². The molecule has 0 bridgehead atoms. The maximum atomic E-state index is 12.7. The number of carbonyl (C=O) groups is 1. The van der Waals surface area contributed by atoms with Crippen LogP contribution in [0.5, 0.6) is 11.5 Å². The summed E-state index contributed by atoms with van der Waals surface area (Å²) < 4.78 is 11.5.